The van der Waals surface area contributed by atoms with E-state index in [9.17, 15) is 13.6 Å². The van der Waals surface area contributed by atoms with Gasteiger partial charge in [0.2, 0.25) is 5.95 Å². The molecular formula is C20H18F2N4O. The van der Waals surface area contributed by atoms with Crippen molar-refractivity contribution < 1.29 is 13.6 Å². The number of hydrogen-bond acceptors (Lipinski definition) is 4. The second-order valence-corrected chi connectivity index (χ2v) is 5.85. The fourth-order valence-electron chi connectivity index (χ4n) is 2.52. The van der Waals surface area contributed by atoms with Crippen molar-refractivity contribution in [3.05, 3.63) is 83.7 Å². The van der Waals surface area contributed by atoms with Crippen molar-refractivity contribution in [1.82, 2.24) is 14.9 Å². The van der Waals surface area contributed by atoms with Crippen molar-refractivity contribution in [1.29, 1.82) is 0 Å². The first-order valence-electron chi connectivity index (χ1n) is 8.44. The van der Waals surface area contributed by atoms with Crippen LogP contribution in [0, 0.1) is 11.6 Å². The third-order valence-corrected chi connectivity index (χ3v) is 3.96. The lowest BCUT2D eigenvalue weighted by atomic mass is 10.2. The fourth-order valence-corrected chi connectivity index (χ4v) is 2.52. The van der Waals surface area contributed by atoms with E-state index in [4.69, 9.17) is 0 Å². The summed E-state index contributed by atoms with van der Waals surface area (Å²) in [6.45, 7) is 2.94. The predicted molar refractivity (Wildman–Crippen MR) is 98.5 cm³/mol. The fraction of sp³-hybridized carbons (Fsp3) is 0.150. The smallest absolute Gasteiger partial charge is 0.257 e. The minimum absolute atomic E-state index is 0.180. The summed E-state index contributed by atoms with van der Waals surface area (Å²) in [5, 5.41) is 2.77. The highest BCUT2D eigenvalue weighted by atomic mass is 19.2. The first-order chi connectivity index (χ1) is 13.1. The van der Waals surface area contributed by atoms with Gasteiger partial charge in [0.15, 0.2) is 11.6 Å². The molecule has 0 saturated heterocycles. The van der Waals surface area contributed by atoms with E-state index in [0.717, 1.165) is 17.7 Å². The van der Waals surface area contributed by atoms with Crippen LogP contribution < -0.4 is 5.32 Å². The number of amides is 1. The Morgan fingerprint density at radius 3 is 2.37 bits per heavy atom. The van der Waals surface area contributed by atoms with Gasteiger partial charge in [0.05, 0.1) is 5.56 Å². The minimum Gasteiger partial charge on any atom is -0.335 e. The van der Waals surface area contributed by atoms with E-state index in [1.165, 1.54) is 18.5 Å². The molecule has 7 heteroatoms. The molecule has 0 saturated carbocycles. The lowest BCUT2D eigenvalue weighted by Gasteiger charge is -2.20. The van der Waals surface area contributed by atoms with E-state index in [-0.39, 0.29) is 11.9 Å². The summed E-state index contributed by atoms with van der Waals surface area (Å²) in [5.41, 5.74) is 1.70. The molecule has 2 aromatic carbocycles. The molecule has 0 aliphatic carbocycles. The number of aromatic nitrogens is 2. The molecular weight excluding hydrogens is 350 g/mol. The number of nitrogens with zero attached hydrogens (tertiary/aromatic N) is 3. The molecule has 1 heterocycles. The standard InChI is InChI=1S/C20H18F2N4O/c1-2-26(13-14-6-4-3-5-7-14)19(27)15-11-23-20(24-12-15)25-16-8-9-17(21)18(22)10-16/h3-12H,2,13H2,1H3,(H,23,24,25). The second-order valence-electron chi connectivity index (χ2n) is 5.85. The van der Waals surface area contributed by atoms with E-state index >= 15 is 0 Å². The normalized spacial score (nSPS) is 10.5. The Morgan fingerprint density at radius 1 is 1.04 bits per heavy atom. The van der Waals surface area contributed by atoms with Crippen LogP contribution in [0.15, 0.2) is 60.9 Å². The van der Waals surface area contributed by atoms with Crippen LogP contribution in [0.2, 0.25) is 0 Å². The number of carbonyl (C=O) groups is 1. The lowest BCUT2D eigenvalue weighted by molar-refractivity contribution is 0.0751. The van der Waals surface area contributed by atoms with Gasteiger partial charge in [-0.3, -0.25) is 4.79 Å². The zero-order valence-electron chi connectivity index (χ0n) is 14.7. The van der Waals surface area contributed by atoms with E-state index in [2.05, 4.69) is 15.3 Å². The van der Waals surface area contributed by atoms with Crippen molar-refractivity contribution in [2.75, 3.05) is 11.9 Å². The Bertz CT molecular complexity index is 917. The highest BCUT2D eigenvalue weighted by molar-refractivity contribution is 5.93. The summed E-state index contributed by atoms with van der Waals surface area (Å²) in [6, 6.07) is 13.1. The summed E-state index contributed by atoms with van der Waals surface area (Å²) < 4.78 is 26.2. The quantitative estimate of drug-likeness (QED) is 0.710. The van der Waals surface area contributed by atoms with Crippen LogP contribution in [0.4, 0.5) is 20.4 Å². The van der Waals surface area contributed by atoms with Gasteiger partial charge in [-0.2, -0.15) is 0 Å². The van der Waals surface area contributed by atoms with Gasteiger partial charge in [-0.1, -0.05) is 30.3 Å². The van der Waals surface area contributed by atoms with Crippen LogP contribution in [0.3, 0.4) is 0 Å². The molecule has 0 bridgehead atoms. The molecule has 1 N–H and O–H groups in total. The SMILES string of the molecule is CCN(Cc1ccccc1)C(=O)c1cnc(Nc2ccc(F)c(F)c2)nc1. The summed E-state index contributed by atoms with van der Waals surface area (Å²) in [7, 11) is 0. The summed E-state index contributed by atoms with van der Waals surface area (Å²) in [6.07, 6.45) is 2.82. The summed E-state index contributed by atoms with van der Waals surface area (Å²) in [4.78, 5) is 22.5. The summed E-state index contributed by atoms with van der Waals surface area (Å²) in [5.74, 6) is -1.89. The number of nitrogens with one attached hydrogen (secondary N) is 1. The van der Waals surface area contributed by atoms with Gasteiger partial charge in [0.1, 0.15) is 0 Å². The third-order valence-electron chi connectivity index (χ3n) is 3.96. The van der Waals surface area contributed by atoms with Gasteiger partial charge < -0.3 is 10.2 Å². The van der Waals surface area contributed by atoms with Crippen LogP contribution in [-0.4, -0.2) is 27.3 Å². The molecule has 1 aromatic heterocycles. The first-order valence-corrected chi connectivity index (χ1v) is 8.44. The zero-order chi connectivity index (χ0) is 19.2. The number of benzene rings is 2. The van der Waals surface area contributed by atoms with Gasteiger partial charge in [-0.25, -0.2) is 18.7 Å². The molecule has 0 unspecified atom stereocenters. The largest absolute Gasteiger partial charge is 0.335 e. The maximum Gasteiger partial charge on any atom is 0.257 e. The van der Waals surface area contributed by atoms with Gasteiger partial charge >= 0.3 is 0 Å². The van der Waals surface area contributed by atoms with Gasteiger partial charge in [-0.15, -0.1) is 0 Å². The Balaban J connectivity index is 1.69. The van der Waals surface area contributed by atoms with Crippen molar-refractivity contribution in [3.63, 3.8) is 0 Å². The van der Waals surface area contributed by atoms with Crippen LogP contribution in [-0.2, 0) is 6.54 Å². The molecule has 0 radical (unpaired) electrons. The zero-order valence-corrected chi connectivity index (χ0v) is 14.7. The molecule has 1 amide bonds. The van der Waals surface area contributed by atoms with Crippen LogP contribution in [0.5, 0.6) is 0 Å². The molecule has 0 aliphatic heterocycles. The second kappa shape index (κ2) is 8.35. The van der Waals surface area contributed by atoms with Crippen LogP contribution in [0.1, 0.15) is 22.8 Å². The maximum absolute atomic E-state index is 13.3. The average Bonchev–Trinajstić information content (AvgIpc) is 2.70. The van der Waals surface area contributed by atoms with Gasteiger partial charge in [0.25, 0.3) is 5.91 Å². The Labute approximate surface area is 155 Å². The first kappa shape index (κ1) is 18.4. The van der Waals surface area contributed by atoms with Crippen LogP contribution in [0.25, 0.3) is 0 Å². The van der Waals surface area contributed by atoms with Crippen molar-refractivity contribution in [2.24, 2.45) is 0 Å². The molecule has 0 fully saturated rings. The van der Waals surface area contributed by atoms with E-state index < -0.39 is 11.6 Å². The predicted octanol–water partition coefficient (Wildman–Crippen LogP) is 4.16. The van der Waals surface area contributed by atoms with Crippen molar-refractivity contribution in [3.8, 4) is 0 Å². The molecule has 138 valence electrons. The Kier molecular flexibility index (Phi) is 5.71. The molecule has 0 aliphatic rings. The van der Waals surface area contributed by atoms with Crippen molar-refractivity contribution >= 4 is 17.5 Å². The number of hydrogen-bond donors (Lipinski definition) is 1. The number of anilines is 2. The highest BCUT2D eigenvalue weighted by Gasteiger charge is 2.15. The van der Waals surface area contributed by atoms with E-state index in [1.807, 2.05) is 37.3 Å². The number of halogens is 2. The highest BCUT2D eigenvalue weighted by Crippen LogP contribution is 2.17. The molecule has 0 spiro atoms. The minimum atomic E-state index is -0.966. The number of carbonyl (C=O) groups excluding carboxylic acids is 1. The average molecular weight is 368 g/mol. The van der Waals surface area contributed by atoms with Crippen LogP contribution >= 0.6 is 0 Å². The molecule has 5 nitrogen and oxygen atoms in total. The molecule has 27 heavy (non-hydrogen) atoms. The monoisotopic (exact) mass is 368 g/mol. The number of rotatable bonds is 6. The lowest BCUT2D eigenvalue weighted by Crippen LogP contribution is -2.30. The van der Waals surface area contributed by atoms with E-state index in [0.29, 0.717) is 24.3 Å². The Morgan fingerprint density at radius 2 is 1.74 bits per heavy atom. The molecule has 3 rings (SSSR count). The maximum atomic E-state index is 13.3. The topological polar surface area (TPSA) is 58.1 Å². The van der Waals surface area contributed by atoms with Gasteiger partial charge in [0, 0.05) is 37.2 Å². The van der Waals surface area contributed by atoms with E-state index in [1.54, 1.807) is 4.90 Å². The molecule has 0 atom stereocenters. The molecule has 3 aromatic rings. The Hall–Kier alpha value is -3.35. The van der Waals surface area contributed by atoms with Crippen molar-refractivity contribution in [2.45, 2.75) is 13.5 Å². The third kappa shape index (κ3) is 4.63. The van der Waals surface area contributed by atoms with Gasteiger partial charge in [-0.05, 0) is 24.6 Å². The summed E-state index contributed by atoms with van der Waals surface area (Å²) >= 11 is 0.